The smallest absolute Gasteiger partial charge is 0.314 e. The molecule has 0 bridgehead atoms. The summed E-state index contributed by atoms with van der Waals surface area (Å²) in [5, 5.41) is 9.72. The third-order valence-electron chi connectivity index (χ3n) is 5.24. The van der Waals surface area contributed by atoms with E-state index in [-0.39, 0.29) is 0 Å². The molecule has 0 saturated heterocycles. The summed E-state index contributed by atoms with van der Waals surface area (Å²) in [4.78, 5) is 11.8. The molecule has 0 aliphatic heterocycles. The largest absolute Gasteiger partial charge is 0.493 e. The molecule has 0 atom stereocenters. The highest BCUT2D eigenvalue weighted by molar-refractivity contribution is 5.84. The molecule has 2 aliphatic rings. The molecular weight excluding hydrogens is 264 g/mol. The molecular formula is C18H24O3. The van der Waals surface area contributed by atoms with E-state index >= 15 is 0 Å². The monoisotopic (exact) mass is 288 g/mol. The van der Waals surface area contributed by atoms with Crippen LogP contribution in [0.1, 0.15) is 55.2 Å². The van der Waals surface area contributed by atoms with Crippen molar-refractivity contribution in [2.45, 2.75) is 57.8 Å². The van der Waals surface area contributed by atoms with Crippen molar-refractivity contribution in [2.24, 2.45) is 5.92 Å². The number of carboxylic acids is 1. The van der Waals surface area contributed by atoms with E-state index in [9.17, 15) is 9.90 Å². The van der Waals surface area contributed by atoms with Gasteiger partial charge in [-0.1, -0.05) is 30.5 Å². The van der Waals surface area contributed by atoms with Crippen LogP contribution in [0.5, 0.6) is 5.75 Å². The van der Waals surface area contributed by atoms with Gasteiger partial charge >= 0.3 is 5.97 Å². The minimum Gasteiger partial charge on any atom is -0.493 e. The highest BCUT2D eigenvalue weighted by Crippen LogP contribution is 2.48. The highest BCUT2D eigenvalue weighted by Gasteiger charge is 2.48. The summed E-state index contributed by atoms with van der Waals surface area (Å²) in [6.07, 6.45) is 6.22. The number of carbonyl (C=O) groups is 1. The lowest BCUT2D eigenvalue weighted by molar-refractivity contribution is -0.147. The van der Waals surface area contributed by atoms with Crippen molar-refractivity contribution in [1.82, 2.24) is 0 Å². The molecule has 0 unspecified atom stereocenters. The topological polar surface area (TPSA) is 46.5 Å². The molecule has 1 aromatic carbocycles. The van der Waals surface area contributed by atoms with Crippen LogP contribution in [0.25, 0.3) is 0 Å². The predicted molar refractivity (Wildman–Crippen MR) is 81.9 cm³/mol. The van der Waals surface area contributed by atoms with Gasteiger partial charge in [-0.05, 0) is 51.0 Å². The summed E-state index contributed by atoms with van der Waals surface area (Å²) >= 11 is 0. The Morgan fingerprint density at radius 2 is 2.00 bits per heavy atom. The number of carboxylic acid groups (broad SMARTS) is 1. The average Bonchev–Trinajstić information content (AvgIpc) is 2.27. The van der Waals surface area contributed by atoms with Crippen LogP contribution in [0, 0.1) is 19.8 Å². The zero-order chi connectivity index (χ0) is 15.0. The fraction of sp³-hybridized carbons (Fsp3) is 0.611. The number of rotatable bonds is 5. The zero-order valence-electron chi connectivity index (χ0n) is 12.9. The Bertz CT molecular complexity index is 554. The number of aliphatic carboxylic acids is 1. The Morgan fingerprint density at radius 3 is 2.48 bits per heavy atom. The van der Waals surface area contributed by atoms with E-state index in [0.717, 1.165) is 48.3 Å². The Kier molecular flexibility index (Phi) is 3.68. The van der Waals surface area contributed by atoms with Crippen molar-refractivity contribution in [3.8, 4) is 5.75 Å². The fourth-order valence-corrected chi connectivity index (χ4v) is 3.49. The maximum Gasteiger partial charge on any atom is 0.314 e. The molecule has 21 heavy (non-hydrogen) atoms. The van der Waals surface area contributed by atoms with Gasteiger partial charge in [-0.2, -0.15) is 0 Å². The summed E-state index contributed by atoms with van der Waals surface area (Å²) in [7, 11) is 0. The average molecular weight is 288 g/mol. The molecule has 1 N–H and O–H groups in total. The third kappa shape index (κ3) is 2.43. The number of aryl methyl sites for hydroxylation is 2. The number of benzene rings is 1. The lowest BCUT2D eigenvalue weighted by Gasteiger charge is -2.40. The SMILES string of the molecule is Cc1cc(C)c(OCC2CCC2)c(C2(C(=O)O)CCC2)c1. The van der Waals surface area contributed by atoms with Crippen LogP contribution in [-0.2, 0) is 10.2 Å². The Balaban J connectivity index is 1.95. The molecule has 2 aliphatic carbocycles. The van der Waals surface area contributed by atoms with E-state index in [1.54, 1.807) is 0 Å². The van der Waals surface area contributed by atoms with Gasteiger partial charge in [0.25, 0.3) is 0 Å². The van der Waals surface area contributed by atoms with E-state index in [2.05, 4.69) is 6.07 Å². The third-order valence-corrected chi connectivity index (χ3v) is 5.24. The molecule has 0 radical (unpaired) electrons. The molecule has 114 valence electrons. The number of ether oxygens (including phenoxy) is 1. The molecule has 0 amide bonds. The standard InChI is InChI=1S/C18H24O3/c1-12-9-13(2)16(21-11-14-5-3-6-14)15(10-12)18(17(19)20)7-4-8-18/h9-10,14H,3-8,11H2,1-2H3,(H,19,20). The minimum atomic E-state index is -0.717. The van der Waals surface area contributed by atoms with E-state index in [1.807, 2.05) is 19.9 Å². The first-order valence-corrected chi connectivity index (χ1v) is 8.01. The van der Waals surface area contributed by atoms with Crippen molar-refractivity contribution in [2.75, 3.05) is 6.61 Å². The van der Waals surface area contributed by atoms with Crippen molar-refractivity contribution < 1.29 is 14.6 Å². The molecule has 2 saturated carbocycles. The predicted octanol–water partition coefficient (Wildman–Crippen LogP) is 3.99. The van der Waals surface area contributed by atoms with Crippen LogP contribution < -0.4 is 4.74 Å². The van der Waals surface area contributed by atoms with Crippen LogP contribution in [0.3, 0.4) is 0 Å². The van der Waals surface area contributed by atoms with E-state index in [0.29, 0.717) is 5.92 Å². The van der Waals surface area contributed by atoms with Crippen LogP contribution in [0.2, 0.25) is 0 Å². The van der Waals surface area contributed by atoms with Crippen LogP contribution in [0.4, 0.5) is 0 Å². The van der Waals surface area contributed by atoms with Gasteiger partial charge in [0.05, 0.1) is 12.0 Å². The quantitative estimate of drug-likeness (QED) is 0.891. The van der Waals surface area contributed by atoms with Gasteiger partial charge in [-0.15, -0.1) is 0 Å². The molecule has 2 fully saturated rings. The van der Waals surface area contributed by atoms with Gasteiger partial charge in [0, 0.05) is 5.56 Å². The Morgan fingerprint density at radius 1 is 1.29 bits per heavy atom. The highest BCUT2D eigenvalue weighted by atomic mass is 16.5. The van der Waals surface area contributed by atoms with Crippen molar-refractivity contribution in [1.29, 1.82) is 0 Å². The van der Waals surface area contributed by atoms with Crippen LogP contribution >= 0.6 is 0 Å². The molecule has 0 heterocycles. The van der Waals surface area contributed by atoms with Gasteiger partial charge in [0.2, 0.25) is 0 Å². The second kappa shape index (κ2) is 5.36. The second-order valence-corrected chi connectivity index (χ2v) is 6.81. The van der Waals surface area contributed by atoms with Gasteiger partial charge in [0.1, 0.15) is 5.75 Å². The molecule has 0 spiro atoms. The van der Waals surface area contributed by atoms with Crippen LogP contribution in [0.15, 0.2) is 12.1 Å². The first-order chi connectivity index (χ1) is 10.0. The first-order valence-electron chi connectivity index (χ1n) is 8.01. The van der Waals surface area contributed by atoms with E-state index in [1.165, 1.54) is 19.3 Å². The molecule has 3 heteroatoms. The van der Waals surface area contributed by atoms with Gasteiger partial charge in [0.15, 0.2) is 0 Å². The van der Waals surface area contributed by atoms with Crippen molar-refractivity contribution in [3.05, 3.63) is 28.8 Å². The Labute approximate surface area is 126 Å². The van der Waals surface area contributed by atoms with E-state index < -0.39 is 11.4 Å². The van der Waals surface area contributed by atoms with E-state index in [4.69, 9.17) is 4.74 Å². The number of hydrogen-bond donors (Lipinski definition) is 1. The minimum absolute atomic E-state index is 0.653. The molecule has 3 rings (SSSR count). The lowest BCUT2D eigenvalue weighted by atomic mass is 9.63. The summed E-state index contributed by atoms with van der Waals surface area (Å²) < 4.78 is 6.10. The Hall–Kier alpha value is -1.51. The van der Waals surface area contributed by atoms with Crippen molar-refractivity contribution in [3.63, 3.8) is 0 Å². The maximum atomic E-state index is 11.8. The molecule has 1 aromatic rings. The first kappa shape index (κ1) is 14.4. The summed E-state index contributed by atoms with van der Waals surface area (Å²) in [6, 6.07) is 4.12. The summed E-state index contributed by atoms with van der Waals surface area (Å²) in [5.74, 6) is 0.780. The molecule has 3 nitrogen and oxygen atoms in total. The lowest BCUT2D eigenvalue weighted by Crippen LogP contribution is -2.43. The van der Waals surface area contributed by atoms with Gasteiger partial charge in [-0.3, -0.25) is 4.79 Å². The normalized spacial score (nSPS) is 20.5. The maximum absolute atomic E-state index is 11.8. The van der Waals surface area contributed by atoms with Crippen molar-refractivity contribution >= 4 is 5.97 Å². The fourth-order valence-electron chi connectivity index (χ4n) is 3.49. The van der Waals surface area contributed by atoms with Gasteiger partial charge in [-0.25, -0.2) is 0 Å². The number of hydrogen-bond acceptors (Lipinski definition) is 2. The summed E-state index contributed by atoms with van der Waals surface area (Å²) in [6.45, 7) is 4.79. The zero-order valence-corrected chi connectivity index (χ0v) is 12.9. The van der Waals surface area contributed by atoms with Gasteiger partial charge < -0.3 is 9.84 Å². The molecule has 0 aromatic heterocycles. The van der Waals surface area contributed by atoms with Crippen LogP contribution in [-0.4, -0.2) is 17.7 Å². The second-order valence-electron chi connectivity index (χ2n) is 6.81. The summed E-state index contributed by atoms with van der Waals surface area (Å²) in [5.41, 5.74) is 2.37.